The van der Waals surface area contributed by atoms with Gasteiger partial charge >= 0.3 is 0 Å². The van der Waals surface area contributed by atoms with E-state index in [2.05, 4.69) is 47.1 Å². The molecule has 1 aliphatic carbocycles. The third-order valence-corrected chi connectivity index (χ3v) is 7.65. The molecule has 2 heterocycles. The van der Waals surface area contributed by atoms with Crippen LogP contribution in [0.5, 0.6) is 0 Å². The van der Waals surface area contributed by atoms with Crippen LogP contribution in [0.1, 0.15) is 76.7 Å². The highest BCUT2D eigenvalue weighted by Crippen LogP contribution is 2.40. The van der Waals surface area contributed by atoms with Crippen molar-refractivity contribution >= 4 is 17.2 Å². The SMILES string of the molecule is CCCOCCC1CCN(CC(=O)N2CCC=C(C3CCCCC3)c3ccccc32)CC1. The third-order valence-electron chi connectivity index (χ3n) is 7.65. The fourth-order valence-corrected chi connectivity index (χ4v) is 5.80. The Hall–Kier alpha value is -1.65. The first-order chi connectivity index (χ1) is 15.8. The van der Waals surface area contributed by atoms with Gasteiger partial charge in [-0.05, 0) is 81.5 Å². The Labute approximate surface area is 195 Å². The topological polar surface area (TPSA) is 32.8 Å². The number of nitrogens with zero attached hydrogens (tertiary/aromatic N) is 2. The van der Waals surface area contributed by atoms with Crippen molar-refractivity contribution in [3.8, 4) is 0 Å². The molecule has 4 heteroatoms. The highest BCUT2D eigenvalue weighted by molar-refractivity contribution is 5.98. The fourth-order valence-electron chi connectivity index (χ4n) is 5.80. The Morgan fingerprint density at radius 1 is 1.00 bits per heavy atom. The smallest absolute Gasteiger partial charge is 0.241 e. The predicted molar refractivity (Wildman–Crippen MR) is 133 cm³/mol. The number of amides is 1. The number of carbonyl (C=O) groups excluding carboxylic acids is 1. The van der Waals surface area contributed by atoms with Gasteiger partial charge < -0.3 is 9.64 Å². The molecule has 1 aromatic rings. The van der Waals surface area contributed by atoms with Gasteiger partial charge in [0.25, 0.3) is 0 Å². The summed E-state index contributed by atoms with van der Waals surface area (Å²) in [7, 11) is 0. The van der Waals surface area contributed by atoms with E-state index in [0.29, 0.717) is 12.5 Å². The van der Waals surface area contributed by atoms with Gasteiger partial charge in [0.15, 0.2) is 0 Å². The first-order valence-electron chi connectivity index (χ1n) is 13.2. The van der Waals surface area contributed by atoms with E-state index in [1.807, 2.05) is 0 Å². The molecule has 4 rings (SSSR count). The van der Waals surface area contributed by atoms with E-state index < -0.39 is 0 Å². The summed E-state index contributed by atoms with van der Waals surface area (Å²) in [6.07, 6.45) is 14.7. The Kier molecular flexibility index (Phi) is 8.81. The molecule has 1 amide bonds. The number of anilines is 1. The molecule has 0 bridgehead atoms. The molecule has 3 aliphatic rings. The summed E-state index contributed by atoms with van der Waals surface area (Å²) < 4.78 is 5.67. The number of ether oxygens (including phenoxy) is 1. The number of hydrogen-bond acceptors (Lipinski definition) is 3. The molecule has 1 saturated heterocycles. The van der Waals surface area contributed by atoms with Gasteiger partial charge in [-0.15, -0.1) is 0 Å². The van der Waals surface area contributed by atoms with E-state index in [0.717, 1.165) is 63.7 Å². The van der Waals surface area contributed by atoms with Crippen LogP contribution in [-0.2, 0) is 9.53 Å². The van der Waals surface area contributed by atoms with Gasteiger partial charge in [-0.3, -0.25) is 9.69 Å². The number of piperidine rings is 1. The highest BCUT2D eigenvalue weighted by atomic mass is 16.5. The van der Waals surface area contributed by atoms with Crippen LogP contribution < -0.4 is 4.90 Å². The molecule has 0 radical (unpaired) electrons. The van der Waals surface area contributed by atoms with Crippen LogP contribution in [0.4, 0.5) is 5.69 Å². The van der Waals surface area contributed by atoms with Crippen LogP contribution >= 0.6 is 0 Å². The summed E-state index contributed by atoms with van der Waals surface area (Å²) in [5, 5.41) is 0. The number of likely N-dealkylation sites (tertiary alicyclic amines) is 1. The minimum absolute atomic E-state index is 0.264. The zero-order valence-corrected chi connectivity index (χ0v) is 20.1. The number of para-hydroxylation sites is 1. The number of rotatable bonds is 8. The highest BCUT2D eigenvalue weighted by Gasteiger charge is 2.28. The van der Waals surface area contributed by atoms with Crippen molar-refractivity contribution in [2.24, 2.45) is 11.8 Å². The second-order valence-electron chi connectivity index (χ2n) is 9.97. The van der Waals surface area contributed by atoms with E-state index in [4.69, 9.17) is 4.74 Å². The molecule has 2 fully saturated rings. The summed E-state index contributed by atoms with van der Waals surface area (Å²) in [4.78, 5) is 17.9. The minimum atomic E-state index is 0.264. The van der Waals surface area contributed by atoms with Crippen molar-refractivity contribution < 1.29 is 9.53 Å². The van der Waals surface area contributed by atoms with Crippen molar-refractivity contribution in [2.45, 2.75) is 71.1 Å². The van der Waals surface area contributed by atoms with E-state index in [9.17, 15) is 4.79 Å². The molecule has 0 unspecified atom stereocenters. The van der Waals surface area contributed by atoms with Crippen molar-refractivity contribution in [1.82, 2.24) is 4.90 Å². The van der Waals surface area contributed by atoms with Gasteiger partial charge in [-0.2, -0.15) is 0 Å². The predicted octanol–water partition coefficient (Wildman–Crippen LogP) is 5.92. The summed E-state index contributed by atoms with van der Waals surface area (Å²) in [6.45, 7) is 7.34. The zero-order valence-electron chi connectivity index (χ0n) is 20.1. The number of fused-ring (bicyclic) bond motifs is 1. The maximum atomic E-state index is 13.4. The molecule has 0 spiro atoms. The lowest BCUT2D eigenvalue weighted by Crippen LogP contribution is -2.44. The Morgan fingerprint density at radius 2 is 1.78 bits per heavy atom. The van der Waals surface area contributed by atoms with E-state index in [1.54, 1.807) is 0 Å². The van der Waals surface area contributed by atoms with Gasteiger partial charge in [0, 0.05) is 25.3 Å². The Bertz CT molecular complexity index is 760. The molecule has 32 heavy (non-hydrogen) atoms. The molecule has 4 nitrogen and oxygen atoms in total. The van der Waals surface area contributed by atoms with Gasteiger partial charge in [0.1, 0.15) is 0 Å². The number of benzene rings is 1. The van der Waals surface area contributed by atoms with E-state index in [1.165, 1.54) is 56.1 Å². The van der Waals surface area contributed by atoms with Crippen molar-refractivity contribution in [1.29, 1.82) is 0 Å². The lowest BCUT2D eigenvalue weighted by Gasteiger charge is -2.33. The average molecular weight is 439 g/mol. The molecule has 0 N–H and O–H groups in total. The van der Waals surface area contributed by atoms with E-state index in [-0.39, 0.29) is 5.91 Å². The molecule has 176 valence electrons. The van der Waals surface area contributed by atoms with Crippen LogP contribution in [0.25, 0.3) is 5.57 Å². The minimum Gasteiger partial charge on any atom is -0.381 e. The lowest BCUT2D eigenvalue weighted by molar-refractivity contribution is -0.120. The van der Waals surface area contributed by atoms with Crippen LogP contribution in [0.15, 0.2) is 30.3 Å². The maximum absolute atomic E-state index is 13.4. The van der Waals surface area contributed by atoms with Crippen molar-refractivity contribution in [2.75, 3.05) is 44.3 Å². The van der Waals surface area contributed by atoms with Crippen LogP contribution in [0.3, 0.4) is 0 Å². The summed E-state index contributed by atoms with van der Waals surface area (Å²) in [6, 6.07) is 8.64. The first-order valence-corrected chi connectivity index (χ1v) is 13.2. The standard InChI is InChI=1S/C28H42N2O2/c1-2-20-32-21-16-23-14-18-29(19-15-23)22-28(31)30-17-8-12-25(24-9-4-3-5-10-24)26-11-6-7-13-27(26)30/h6-7,11-13,23-24H,2-5,8-10,14-22H2,1H3. The monoisotopic (exact) mass is 438 g/mol. The molecule has 2 aliphatic heterocycles. The normalized spacial score (nSPS) is 21.2. The molecule has 0 aromatic heterocycles. The summed E-state index contributed by atoms with van der Waals surface area (Å²) in [5.74, 6) is 1.68. The van der Waals surface area contributed by atoms with Gasteiger partial charge in [-0.25, -0.2) is 0 Å². The van der Waals surface area contributed by atoms with Crippen LogP contribution in [0.2, 0.25) is 0 Å². The fraction of sp³-hybridized carbons (Fsp3) is 0.679. The Morgan fingerprint density at radius 3 is 2.56 bits per heavy atom. The first kappa shape index (κ1) is 23.5. The number of hydrogen-bond donors (Lipinski definition) is 0. The maximum Gasteiger partial charge on any atom is 0.241 e. The van der Waals surface area contributed by atoms with Crippen LogP contribution in [-0.4, -0.2) is 50.2 Å². The zero-order chi connectivity index (χ0) is 22.2. The number of carbonyl (C=O) groups is 1. The average Bonchev–Trinajstić information content (AvgIpc) is 3.03. The second-order valence-corrected chi connectivity index (χ2v) is 9.97. The molecule has 1 saturated carbocycles. The lowest BCUT2D eigenvalue weighted by atomic mass is 9.80. The van der Waals surface area contributed by atoms with Crippen molar-refractivity contribution in [3.05, 3.63) is 35.9 Å². The largest absolute Gasteiger partial charge is 0.381 e. The quantitative estimate of drug-likeness (QED) is 0.473. The van der Waals surface area contributed by atoms with Gasteiger partial charge in [0.2, 0.25) is 5.91 Å². The van der Waals surface area contributed by atoms with Crippen LogP contribution in [0, 0.1) is 11.8 Å². The van der Waals surface area contributed by atoms with Crippen molar-refractivity contribution in [3.63, 3.8) is 0 Å². The summed E-state index contributed by atoms with van der Waals surface area (Å²) >= 11 is 0. The third kappa shape index (κ3) is 6.02. The molecular weight excluding hydrogens is 396 g/mol. The molecular formula is C28H42N2O2. The molecule has 1 aromatic carbocycles. The Balaban J connectivity index is 1.35. The number of allylic oxidation sites excluding steroid dienone is 1. The van der Waals surface area contributed by atoms with E-state index >= 15 is 0 Å². The second kappa shape index (κ2) is 12.0. The molecule has 0 atom stereocenters. The van der Waals surface area contributed by atoms with Gasteiger partial charge in [0.05, 0.1) is 12.2 Å². The summed E-state index contributed by atoms with van der Waals surface area (Å²) in [5.41, 5.74) is 3.94. The van der Waals surface area contributed by atoms with Gasteiger partial charge in [-0.1, -0.05) is 50.5 Å².